The fourth-order valence-electron chi connectivity index (χ4n) is 1.40. The third kappa shape index (κ3) is 2.42. The molecule has 0 radical (unpaired) electrons. The van der Waals surface area contributed by atoms with Crippen LogP contribution in [0.3, 0.4) is 0 Å². The number of hydrogen-bond donors (Lipinski definition) is 2. The molecule has 2 rings (SSSR count). The van der Waals surface area contributed by atoms with E-state index in [1.165, 1.54) is 6.20 Å². The summed E-state index contributed by atoms with van der Waals surface area (Å²) in [5.74, 6) is -2.02. The Kier molecular flexibility index (Phi) is 3.18. The van der Waals surface area contributed by atoms with Crippen molar-refractivity contribution < 1.29 is 13.7 Å². The molecule has 0 aliphatic rings. The van der Waals surface area contributed by atoms with Crippen LogP contribution in [-0.2, 0) is 6.54 Å². The van der Waals surface area contributed by atoms with E-state index in [1.807, 2.05) is 0 Å². The van der Waals surface area contributed by atoms with Crippen molar-refractivity contribution in [3.8, 4) is 0 Å². The molecule has 1 aromatic heterocycles. The molecule has 94 valence electrons. The molecule has 1 aromatic carbocycles. The summed E-state index contributed by atoms with van der Waals surface area (Å²) < 4.78 is 26.9. The van der Waals surface area contributed by atoms with Gasteiger partial charge < -0.3 is 5.32 Å². The van der Waals surface area contributed by atoms with E-state index in [0.717, 1.165) is 0 Å². The van der Waals surface area contributed by atoms with Gasteiger partial charge in [0.2, 0.25) is 0 Å². The molecular weight excluding hydrogens is 246 g/mol. The molecule has 0 fully saturated rings. The van der Waals surface area contributed by atoms with Crippen LogP contribution in [0.15, 0.2) is 24.5 Å². The number of nitrogens with zero attached hydrogens (tertiary/aromatic N) is 2. The SMILES string of the molecule is O=[N+]([O-])c1cc(F)c(NCc2cn[nH]c2)c(F)c1. The molecule has 0 spiro atoms. The van der Waals surface area contributed by atoms with Gasteiger partial charge in [-0.1, -0.05) is 0 Å². The topological polar surface area (TPSA) is 83.8 Å². The van der Waals surface area contributed by atoms with Crippen LogP contribution in [0.1, 0.15) is 5.56 Å². The van der Waals surface area contributed by atoms with E-state index in [0.29, 0.717) is 17.7 Å². The lowest BCUT2D eigenvalue weighted by Crippen LogP contribution is -2.04. The largest absolute Gasteiger partial charge is 0.376 e. The molecule has 0 aliphatic heterocycles. The second-order valence-corrected chi connectivity index (χ2v) is 3.50. The van der Waals surface area contributed by atoms with Gasteiger partial charge in [-0.25, -0.2) is 8.78 Å². The van der Waals surface area contributed by atoms with E-state index in [4.69, 9.17) is 0 Å². The molecule has 0 aliphatic carbocycles. The van der Waals surface area contributed by atoms with E-state index in [2.05, 4.69) is 15.5 Å². The van der Waals surface area contributed by atoms with Crippen LogP contribution in [0.25, 0.3) is 0 Å². The van der Waals surface area contributed by atoms with Crippen LogP contribution < -0.4 is 5.32 Å². The van der Waals surface area contributed by atoms with Gasteiger partial charge in [0.25, 0.3) is 5.69 Å². The van der Waals surface area contributed by atoms with Crippen LogP contribution in [0.4, 0.5) is 20.2 Å². The number of aromatic amines is 1. The van der Waals surface area contributed by atoms with Gasteiger partial charge in [0.05, 0.1) is 23.3 Å². The second-order valence-electron chi connectivity index (χ2n) is 3.50. The summed E-state index contributed by atoms with van der Waals surface area (Å²) in [5, 5.41) is 19.1. The Morgan fingerprint density at radius 3 is 2.56 bits per heavy atom. The van der Waals surface area contributed by atoms with Gasteiger partial charge in [-0.3, -0.25) is 15.2 Å². The number of nitro groups is 1. The fraction of sp³-hybridized carbons (Fsp3) is 0.100. The number of rotatable bonds is 4. The van der Waals surface area contributed by atoms with E-state index < -0.39 is 27.9 Å². The highest BCUT2D eigenvalue weighted by molar-refractivity contribution is 5.51. The summed E-state index contributed by atoms with van der Waals surface area (Å²) >= 11 is 0. The maximum absolute atomic E-state index is 13.5. The Morgan fingerprint density at radius 1 is 1.39 bits per heavy atom. The maximum atomic E-state index is 13.5. The summed E-state index contributed by atoms with van der Waals surface area (Å²) in [6, 6.07) is 1.33. The van der Waals surface area contributed by atoms with Crippen molar-refractivity contribution in [3.63, 3.8) is 0 Å². The molecule has 0 saturated heterocycles. The zero-order chi connectivity index (χ0) is 13.1. The molecule has 18 heavy (non-hydrogen) atoms. The summed E-state index contributed by atoms with van der Waals surface area (Å²) in [6.07, 6.45) is 3.06. The third-order valence-electron chi connectivity index (χ3n) is 2.26. The Balaban J connectivity index is 2.20. The van der Waals surface area contributed by atoms with Crippen molar-refractivity contribution in [3.05, 3.63) is 51.8 Å². The number of non-ortho nitro benzene ring substituents is 1. The predicted octanol–water partition coefficient (Wildman–Crippen LogP) is 2.21. The minimum absolute atomic E-state index is 0.155. The lowest BCUT2D eigenvalue weighted by Gasteiger charge is -2.07. The molecule has 8 heteroatoms. The second kappa shape index (κ2) is 4.78. The minimum Gasteiger partial charge on any atom is -0.376 e. The predicted molar refractivity (Wildman–Crippen MR) is 58.9 cm³/mol. The van der Waals surface area contributed by atoms with E-state index in [-0.39, 0.29) is 6.54 Å². The Labute approximate surface area is 99.8 Å². The third-order valence-corrected chi connectivity index (χ3v) is 2.26. The normalized spacial score (nSPS) is 10.3. The van der Waals surface area contributed by atoms with Crippen molar-refractivity contribution in [2.45, 2.75) is 6.54 Å². The number of hydrogen-bond acceptors (Lipinski definition) is 4. The van der Waals surface area contributed by atoms with Crippen molar-refractivity contribution in [1.29, 1.82) is 0 Å². The zero-order valence-electron chi connectivity index (χ0n) is 8.98. The van der Waals surface area contributed by atoms with Crippen molar-refractivity contribution in [2.24, 2.45) is 0 Å². The summed E-state index contributed by atoms with van der Waals surface area (Å²) in [5.41, 5.74) is -0.326. The Bertz CT molecular complexity index is 548. The van der Waals surface area contributed by atoms with Crippen molar-refractivity contribution >= 4 is 11.4 Å². The van der Waals surface area contributed by atoms with E-state index >= 15 is 0 Å². The van der Waals surface area contributed by atoms with Crippen LogP contribution >= 0.6 is 0 Å². The molecule has 2 aromatic rings. The van der Waals surface area contributed by atoms with Gasteiger partial charge in [0, 0.05) is 18.3 Å². The molecule has 0 unspecified atom stereocenters. The monoisotopic (exact) mass is 254 g/mol. The van der Waals surface area contributed by atoms with Crippen LogP contribution in [0.2, 0.25) is 0 Å². The van der Waals surface area contributed by atoms with Gasteiger partial charge in [-0.05, 0) is 0 Å². The van der Waals surface area contributed by atoms with Crippen molar-refractivity contribution in [2.75, 3.05) is 5.32 Å². The van der Waals surface area contributed by atoms with Crippen LogP contribution in [-0.4, -0.2) is 15.1 Å². The van der Waals surface area contributed by atoms with Gasteiger partial charge >= 0.3 is 0 Å². The smallest absolute Gasteiger partial charge is 0.275 e. The van der Waals surface area contributed by atoms with E-state index in [9.17, 15) is 18.9 Å². The molecule has 0 saturated carbocycles. The number of aromatic nitrogens is 2. The van der Waals surface area contributed by atoms with Gasteiger partial charge in [0.1, 0.15) is 5.69 Å². The quantitative estimate of drug-likeness (QED) is 0.647. The first-order valence-corrected chi connectivity index (χ1v) is 4.93. The number of anilines is 1. The molecule has 2 N–H and O–H groups in total. The molecule has 1 heterocycles. The average Bonchev–Trinajstić information content (AvgIpc) is 2.80. The van der Waals surface area contributed by atoms with Gasteiger partial charge in [-0.15, -0.1) is 0 Å². The lowest BCUT2D eigenvalue weighted by atomic mass is 10.2. The number of benzene rings is 1. The number of nitrogens with one attached hydrogen (secondary N) is 2. The molecule has 0 bridgehead atoms. The van der Waals surface area contributed by atoms with Gasteiger partial charge in [-0.2, -0.15) is 5.10 Å². The Morgan fingerprint density at radius 2 is 2.06 bits per heavy atom. The van der Waals surface area contributed by atoms with E-state index in [1.54, 1.807) is 6.20 Å². The first kappa shape index (κ1) is 12.0. The average molecular weight is 254 g/mol. The number of nitro benzene ring substituents is 1. The fourth-order valence-corrected chi connectivity index (χ4v) is 1.40. The standard InChI is InChI=1S/C10H8F2N4O2/c11-8-1-7(16(17)18)2-9(12)10(8)13-3-6-4-14-15-5-6/h1-2,4-5,13H,3H2,(H,14,15). The van der Waals surface area contributed by atoms with Crippen molar-refractivity contribution in [1.82, 2.24) is 10.2 Å². The first-order chi connectivity index (χ1) is 8.58. The summed E-state index contributed by atoms with van der Waals surface area (Å²) in [7, 11) is 0. The highest BCUT2D eigenvalue weighted by Crippen LogP contribution is 2.25. The minimum atomic E-state index is -1.01. The molecular formula is C10H8F2N4O2. The molecule has 0 atom stereocenters. The highest BCUT2D eigenvalue weighted by atomic mass is 19.1. The van der Waals surface area contributed by atoms with Gasteiger partial charge in [0.15, 0.2) is 11.6 Å². The zero-order valence-corrected chi connectivity index (χ0v) is 8.98. The first-order valence-electron chi connectivity index (χ1n) is 4.93. The molecule has 6 nitrogen and oxygen atoms in total. The number of H-pyrrole nitrogens is 1. The Hall–Kier alpha value is -2.51. The highest BCUT2D eigenvalue weighted by Gasteiger charge is 2.16. The van der Waals surface area contributed by atoms with Crippen LogP contribution in [0.5, 0.6) is 0 Å². The summed E-state index contributed by atoms with van der Waals surface area (Å²) in [6.45, 7) is 0.155. The maximum Gasteiger partial charge on any atom is 0.275 e. The van der Waals surface area contributed by atoms with Crippen LogP contribution in [0, 0.1) is 21.7 Å². The number of halogens is 2. The summed E-state index contributed by atoms with van der Waals surface area (Å²) in [4.78, 5) is 9.55. The molecule has 0 amide bonds. The lowest BCUT2D eigenvalue weighted by molar-refractivity contribution is -0.385.